The molecule has 1 saturated carbocycles. The summed E-state index contributed by atoms with van der Waals surface area (Å²) in [4.78, 5) is 42.2. The normalized spacial score (nSPS) is 16.2. The van der Waals surface area contributed by atoms with Crippen LogP contribution in [0.25, 0.3) is 11.1 Å². The van der Waals surface area contributed by atoms with E-state index in [2.05, 4.69) is 15.5 Å². The molecular formula is C34H41N5O4. The van der Waals surface area contributed by atoms with Crippen LogP contribution in [-0.2, 0) is 9.53 Å². The second-order valence-corrected chi connectivity index (χ2v) is 11.6. The average molecular weight is 584 g/mol. The number of anilines is 2. The first-order chi connectivity index (χ1) is 20.9. The highest BCUT2D eigenvalue weighted by atomic mass is 16.6. The molecule has 3 amide bonds. The number of likely N-dealkylation sites (N-methyl/N-ethyl adjacent to an activating group) is 1. The van der Waals surface area contributed by atoms with E-state index in [-0.39, 0.29) is 17.9 Å². The lowest BCUT2D eigenvalue weighted by Crippen LogP contribution is -2.42. The first-order valence-corrected chi connectivity index (χ1v) is 15.1. The molecule has 43 heavy (non-hydrogen) atoms. The zero-order chi connectivity index (χ0) is 30.2. The summed E-state index contributed by atoms with van der Waals surface area (Å²) in [6.07, 6.45) is 3.85. The van der Waals surface area contributed by atoms with Crippen LogP contribution in [0.4, 0.5) is 16.2 Å². The average Bonchev–Trinajstić information content (AvgIpc) is 3.85. The van der Waals surface area contributed by atoms with E-state index in [9.17, 15) is 14.4 Å². The van der Waals surface area contributed by atoms with E-state index in [1.54, 1.807) is 36.2 Å². The third kappa shape index (κ3) is 8.65. The molecule has 1 unspecified atom stereocenters. The first-order valence-electron chi connectivity index (χ1n) is 15.1. The Kier molecular flexibility index (Phi) is 10.1. The van der Waals surface area contributed by atoms with E-state index in [1.807, 2.05) is 54.6 Å². The molecule has 226 valence electrons. The molecule has 0 radical (unpaired) electrons. The van der Waals surface area contributed by atoms with Crippen LogP contribution in [-0.4, -0.2) is 73.1 Å². The van der Waals surface area contributed by atoms with Crippen molar-refractivity contribution in [3.05, 3.63) is 84.4 Å². The van der Waals surface area contributed by atoms with Gasteiger partial charge in [0.1, 0.15) is 6.10 Å². The Bertz CT molecular complexity index is 1400. The standard InChI is InChI=1S/C34H41N5O4/c1-38(33(41)26-10-7-11-27(23-26)36-32(40)30(35)22-24-14-15-24)20-21-39-18-16-28(17-19-39)43-34(42)37-31-13-6-5-12-29(31)25-8-3-2-4-9-25/h2-13,23-24,28,30H,14-22,35H2,1H3,(H,36,40)(H,37,42). The van der Waals surface area contributed by atoms with Crippen molar-refractivity contribution in [2.24, 2.45) is 11.7 Å². The van der Waals surface area contributed by atoms with Gasteiger partial charge in [-0.05, 0) is 55.0 Å². The summed E-state index contributed by atoms with van der Waals surface area (Å²) >= 11 is 0. The lowest BCUT2D eigenvalue weighted by Gasteiger charge is -2.32. The number of benzene rings is 3. The van der Waals surface area contributed by atoms with Gasteiger partial charge in [-0.25, -0.2) is 4.79 Å². The number of para-hydroxylation sites is 1. The van der Waals surface area contributed by atoms with Crippen LogP contribution in [0.5, 0.6) is 0 Å². The summed E-state index contributed by atoms with van der Waals surface area (Å²) in [5, 5.41) is 5.77. The van der Waals surface area contributed by atoms with Gasteiger partial charge in [0.15, 0.2) is 0 Å². The van der Waals surface area contributed by atoms with Gasteiger partial charge in [-0.1, -0.05) is 67.4 Å². The second kappa shape index (κ2) is 14.3. The minimum Gasteiger partial charge on any atom is -0.446 e. The van der Waals surface area contributed by atoms with Gasteiger partial charge < -0.3 is 25.6 Å². The van der Waals surface area contributed by atoms with Gasteiger partial charge in [-0.2, -0.15) is 0 Å². The third-order valence-electron chi connectivity index (χ3n) is 8.15. The largest absolute Gasteiger partial charge is 0.446 e. The maximum atomic E-state index is 13.1. The molecule has 1 atom stereocenters. The topological polar surface area (TPSA) is 117 Å². The van der Waals surface area contributed by atoms with Gasteiger partial charge in [-0.3, -0.25) is 14.9 Å². The van der Waals surface area contributed by atoms with Crippen molar-refractivity contribution < 1.29 is 19.1 Å². The number of carbonyl (C=O) groups is 3. The molecule has 0 bridgehead atoms. The molecule has 0 aromatic heterocycles. The Hall–Kier alpha value is -4.21. The minimum absolute atomic E-state index is 0.107. The predicted octanol–water partition coefficient (Wildman–Crippen LogP) is 5.20. The zero-order valence-electron chi connectivity index (χ0n) is 24.7. The number of hydrogen-bond acceptors (Lipinski definition) is 6. The molecule has 1 heterocycles. The number of amides is 3. The fraction of sp³-hybridized carbons (Fsp3) is 0.382. The molecule has 4 N–H and O–H groups in total. The monoisotopic (exact) mass is 583 g/mol. The molecule has 9 heteroatoms. The molecule has 3 aromatic rings. The number of piperidine rings is 1. The van der Waals surface area contributed by atoms with Crippen molar-refractivity contribution in [2.45, 2.75) is 44.2 Å². The van der Waals surface area contributed by atoms with Gasteiger partial charge in [0, 0.05) is 50.0 Å². The Morgan fingerprint density at radius 2 is 1.65 bits per heavy atom. The highest BCUT2D eigenvalue weighted by molar-refractivity contribution is 5.98. The lowest BCUT2D eigenvalue weighted by atomic mass is 10.0. The number of nitrogens with zero attached hydrogens (tertiary/aromatic N) is 2. The van der Waals surface area contributed by atoms with Crippen molar-refractivity contribution in [1.82, 2.24) is 9.80 Å². The minimum atomic E-state index is -0.533. The summed E-state index contributed by atoms with van der Waals surface area (Å²) in [5.41, 5.74) is 9.81. The number of hydrogen-bond donors (Lipinski definition) is 3. The van der Waals surface area contributed by atoms with E-state index in [4.69, 9.17) is 10.5 Å². The van der Waals surface area contributed by atoms with Crippen LogP contribution in [0.1, 0.15) is 42.5 Å². The number of carbonyl (C=O) groups excluding carboxylic acids is 3. The maximum Gasteiger partial charge on any atom is 0.411 e. The summed E-state index contributed by atoms with van der Waals surface area (Å²) < 4.78 is 5.75. The summed E-state index contributed by atoms with van der Waals surface area (Å²) in [5.74, 6) is 0.240. The number of likely N-dealkylation sites (tertiary alicyclic amines) is 1. The van der Waals surface area contributed by atoms with Gasteiger partial charge in [0.05, 0.1) is 11.7 Å². The predicted molar refractivity (Wildman–Crippen MR) is 169 cm³/mol. The van der Waals surface area contributed by atoms with E-state index in [1.165, 1.54) is 0 Å². The maximum absolute atomic E-state index is 13.1. The second-order valence-electron chi connectivity index (χ2n) is 11.6. The van der Waals surface area contributed by atoms with E-state index >= 15 is 0 Å². The molecule has 5 rings (SSSR count). The Morgan fingerprint density at radius 3 is 2.40 bits per heavy atom. The third-order valence-corrected chi connectivity index (χ3v) is 8.15. The van der Waals surface area contributed by atoms with Crippen LogP contribution in [0.2, 0.25) is 0 Å². The Labute approximate surface area is 253 Å². The molecule has 1 saturated heterocycles. The number of nitrogens with two attached hydrogens (primary N) is 1. The fourth-order valence-electron chi connectivity index (χ4n) is 5.40. The van der Waals surface area contributed by atoms with Crippen LogP contribution in [0.15, 0.2) is 78.9 Å². The van der Waals surface area contributed by atoms with Gasteiger partial charge >= 0.3 is 6.09 Å². The molecular weight excluding hydrogens is 542 g/mol. The van der Waals surface area contributed by atoms with Crippen LogP contribution >= 0.6 is 0 Å². The van der Waals surface area contributed by atoms with Crippen molar-refractivity contribution in [3.63, 3.8) is 0 Å². The molecule has 1 aliphatic heterocycles. The number of ether oxygens (including phenoxy) is 1. The summed E-state index contributed by atoms with van der Waals surface area (Å²) in [6.45, 7) is 2.84. The van der Waals surface area contributed by atoms with Crippen molar-refractivity contribution in [2.75, 3.05) is 43.9 Å². The molecule has 9 nitrogen and oxygen atoms in total. The van der Waals surface area contributed by atoms with Gasteiger partial charge in [-0.15, -0.1) is 0 Å². The highest BCUT2D eigenvalue weighted by Gasteiger charge is 2.27. The summed E-state index contributed by atoms with van der Waals surface area (Å²) in [6, 6.07) is 24.1. The lowest BCUT2D eigenvalue weighted by molar-refractivity contribution is -0.117. The van der Waals surface area contributed by atoms with Crippen LogP contribution < -0.4 is 16.4 Å². The molecule has 1 aliphatic carbocycles. The van der Waals surface area contributed by atoms with Crippen molar-refractivity contribution in [1.29, 1.82) is 0 Å². The molecule has 0 spiro atoms. The van der Waals surface area contributed by atoms with Gasteiger partial charge in [0.25, 0.3) is 5.91 Å². The van der Waals surface area contributed by atoms with Crippen LogP contribution in [0, 0.1) is 5.92 Å². The fourth-order valence-corrected chi connectivity index (χ4v) is 5.40. The summed E-state index contributed by atoms with van der Waals surface area (Å²) in [7, 11) is 1.78. The smallest absolute Gasteiger partial charge is 0.411 e. The Morgan fingerprint density at radius 1 is 0.930 bits per heavy atom. The van der Waals surface area contributed by atoms with E-state index in [0.717, 1.165) is 56.4 Å². The van der Waals surface area contributed by atoms with E-state index < -0.39 is 12.1 Å². The van der Waals surface area contributed by atoms with Crippen molar-refractivity contribution in [3.8, 4) is 11.1 Å². The first kappa shape index (κ1) is 30.3. The highest BCUT2D eigenvalue weighted by Crippen LogP contribution is 2.33. The molecule has 3 aromatic carbocycles. The van der Waals surface area contributed by atoms with E-state index in [0.29, 0.717) is 35.8 Å². The Balaban J connectivity index is 1.04. The SMILES string of the molecule is CN(CCN1CCC(OC(=O)Nc2ccccc2-c2ccccc2)CC1)C(=O)c1cccc(NC(=O)C(N)CC2CC2)c1. The number of rotatable bonds is 11. The quantitative estimate of drug-likeness (QED) is 0.286. The zero-order valence-corrected chi connectivity index (χ0v) is 24.7. The van der Waals surface area contributed by atoms with Gasteiger partial charge in [0.2, 0.25) is 5.91 Å². The number of nitrogens with one attached hydrogen (secondary N) is 2. The van der Waals surface area contributed by atoms with Crippen LogP contribution in [0.3, 0.4) is 0 Å². The molecule has 2 fully saturated rings. The van der Waals surface area contributed by atoms with Crippen molar-refractivity contribution >= 4 is 29.3 Å². The molecule has 2 aliphatic rings.